The van der Waals surface area contributed by atoms with Gasteiger partial charge in [-0.05, 0) is 41.8 Å². The monoisotopic (exact) mass is 448 g/mol. The second-order valence-corrected chi connectivity index (χ2v) is 7.84. The summed E-state index contributed by atoms with van der Waals surface area (Å²) in [6.07, 6.45) is -3.90. The Bertz CT molecular complexity index is 1080. The highest BCUT2D eigenvalue weighted by Crippen LogP contribution is 2.43. The van der Waals surface area contributed by atoms with Gasteiger partial charge < -0.3 is 10.6 Å². The molecule has 1 aliphatic rings. The van der Waals surface area contributed by atoms with Crippen LogP contribution in [0.2, 0.25) is 5.02 Å². The maximum Gasteiger partial charge on any atom is 0.410 e. The number of anilines is 2. The molecule has 1 aliphatic heterocycles. The normalized spacial score (nSPS) is 18.2. The van der Waals surface area contributed by atoms with Crippen LogP contribution in [0.25, 0.3) is 0 Å². The Morgan fingerprint density at radius 3 is 2.48 bits per heavy atom. The number of aryl methyl sites for hydroxylation is 1. The van der Waals surface area contributed by atoms with E-state index >= 15 is 0 Å². The summed E-state index contributed by atoms with van der Waals surface area (Å²) in [5, 5.41) is 10.2. The van der Waals surface area contributed by atoms with Gasteiger partial charge in [0, 0.05) is 23.2 Å². The van der Waals surface area contributed by atoms with Crippen LogP contribution in [-0.4, -0.2) is 21.9 Å². The zero-order valence-electron chi connectivity index (χ0n) is 16.6. The summed E-state index contributed by atoms with van der Waals surface area (Å²) in [6.45, 7) is 2.02. The predicted molar refractivity (Wildman–Crippen MR) is 114 cm³/mol. The molecule has 0 unspecified atom stereocenters. The molecule has 2 heterocycles. The Balaban J connectivity index is 1.61. The Hall–Kier alpha value is -3.00. The second-order valence-electron chi connectivity index (χ2n) is 7.41. The van der Waals surface area contributed by atoms with Gasteiger partial charge in [0.05, 0.1) is 6.04 Å². The zero-order valence-corrected chi connectivity index (χ0v) is 17.3. The van der Waals surface area contributed by atoms with Crippen molar-refractivity contribution in [2.45, 2.75) is 38.0 Å². The summed E-state index contributed by atoms with van der Waals surface area (Å²) in [6, 6.07) is 12.8. The number of amides is 1. The average Bonchev–Trinajstić information content (AvgIpc) is 3.17. The summed E-state index contributed by atoms with van der Waals surface area (Å²) in [5.41, 5.74) is 2.25. The van der Waals surface area contributed by atoms with Gasteiger partial charge in [0.2, 0.25) is 0 Å². The van der Waals surface area contributed by atoms with E-state index in [1.54, 1.807) is 36.4 Å². The molecular weight excluding hydrogens is 429 g/mol. The lowest BCUT2D eigenvalue weighted by molar-refractivity contribution is -0.173. The molecule has 0 radical (unpaired) electrons. The first kappa shape index (κ1) is 21.2. The van der Waals surface area contributed by atoms with Crippen LogP contribution in [0.1, 0.15) is 47.0 Å². The van der Waals surface area contributed by atoms with Crippen LogP contribution in [0, 0.1) is 0 Å². The minimum atomic E-state index is -4.52. The van der Waals surface area contributed by atoms with Gasteiger partial charge in [-0.3, -0.25) is 4.79 Å². The maximum absolute atomic E-state index is 13.8. The van der Waals surface area contributed by atoms with Gasteiger partial charge in [-0.25, -0.2) is 4.68 Å². The van der Waals surface area contributed by atoms with E-state index in [4.69, 9.17) is 11.6 Å². The van der Waals surface area contributed by atoms with Crippen molar-refractivity contribution in [3.05, 3.63) is 76.4 Å². The highest BCUT2D eigenvalue weighted by Gasteiger charge is 2.46. The zero-order chi connectivity index (χ0) is 22.2. The van der Waals surface area contributed by atoms with Crippen molar-refractivity contribution in [3.63, 3.8) is 0 Å². The maximum atomic E-state index is 13.8. The minimum absolute atomic E-state index is 0.0897. The molecule has 0 fully saturated rings. The number of halogens is 4. The molecule has 0 bridgehead atoms. The van der Waals surface area contributed by atoms with E-state index in [1.807, 2.05) is 19.1 Å². The molecular formula is C22H20ClF3N4O. The molecule has 2 aromatic carbocycles. The third-order valence-electron chi connectivity index (χ3n) is 5.31. The van der Waals surface area contributed by atoms with Gasteiger partial charge in [-0.1, -0.05) is 42.8 Å². The molecule has 0 aliphatic carbocycles. The highest BCUT2D eigenvalue weighted by molar-refractivity contribution is 6.30. The minimum Gasteiger partial charge on any atom is -0.363 e. The van der Waals surface area contributed by atoms with Gasteiger partial charge in [-0.2, -0.15) is 18.3 Å². The topological polar surface area (TPSA) is 59.0 Å². The molecule has 1 aromatic heterocycles. The quantitative estimate of drug-likeness (QED) is 0.513. The first-order valence-electron chi connectivity index (χ1n) is 9.83. The number of hydrogen-bond acceptors (Lipinski definition) is 3. The van der Waals surface area contributed by atoms with Crippen molar-refractivity contribution in [1.29, 1.82) is 0 Å². The second kappa shape index (κ2) is 8.26. The smallest absolute Gasteiger partial charge is 0.363 e. The first-order chi connectivity index (χ1) is 14.7. The van der Waals surface area contributed by atoms with Crippen molar-refractivity contribution in [3.8, 4) is 0 Å². The number of nitrogens with zero attached hydrogens (tertiary/aromatic N) is 2. The van der Waals surface area contributed by atoms with Crippen molar-refractivity contribution >= 4 is 29.0 Å². The molecule has 2 N–H and O–H groups in total. The number of benzene rings is 2. The number of nitrogens with one attached hydrogen (secondary N) is 2. The third-order valence-corrected chi connectivity index (χ3v) is 5.57. The van der Waals surface area contributed by atoms with Crippen LogP contribution in [0.4, 0.5) is 24.7 Å². The van der Waals surface area contributed by atoms with Gasteiger partial charge in [0.15, 0.2) is 11.7 Å². The SMILES string of the molecule is CCc1ccc(NC(=O)c2cc3n(n2)[C@H](C(F)(F)F)C[C@H](c2ccc(Cl)cc2)N3)cc1. The van der Waals surface area contributed by atoms with E-state index in [0.717, 1.165) is 16.7 Å². The molecule has 0 spiro atoms. The van der Waals surface area contributed by atoms with Gasteiger partial charge >= 0.3 is 6.18 Å². The van der Waals surface area contributed by atoms with Crippen LogP contribution >= 0.6 is 11.6 Å². The average molecular weight is 449 g/mol. The van der Waals surface area contributed by atoms with Crippen LogP contribution in [0.15, 0.2) is 54.6 Å². The number of rotatable bonds is 4. The fraction of sp³-hybridized carbons (Fsp3) is 0.273. The molecule has 31 heavy (non-hydrogen) atoms. The van der Waals surface area contributed by atoms with E-state index in [2.05, 4.69) is 15.7 Å². The molecule has 5 nitrogen and oxygen atoms in total. The molecule has 4 rings (SSSR count). The standard InChI is InChI=1S/C22H20ClF3N4O/c1-2-13-3-9-16(10-4-13)27-21(31)18-12-20-28-17(14-5-7-15(23)8-6-14)11-19(22(24,25)26)30(20)29-18/h3-10,12,17,19,28H,2,11H2,1H3,(H,27,31)/t17-,19+/m1/s1. The largest absolute Gasteiger partial charge is 0.410 e. The number of fused-ring (bicyclic) bond motifs is 1. The Labute approximate surface area is 182 Å². The molecule has 3 aromatic rings. The Kier molecular flexibility index (Phi) is 5.66. The van der Waals surface area contributed by atoms with E-state index in [1.165, 1.54) is 6.07 Å². The highest BCUT2D eigenvalue weighted by atomic mass is 35.5. The molecule has 9 heteroatoms. The third kappa shape index (κ3) is 4.54. The van der Waals surface area contributed by atoms with Crippen LogP contribution in [0.5, 0.6) is 0 Å². The van der Waals surface area contributed by atoms with E-state index in [-0.39, 0.29) is 17.9 Å². The van der Waals surface area contributed by atoms with Crippen molar-refractivity contribution in [1.82, 2.24) is 9.78 Å². The van der Waals surface area contributed by atoms with Crippen molar-refractivity contribution in [2.24, 2.45) is 0 Å². The number of aromatic nitrogens is 2. The van der Waals surface area contributed by atoms with Crippen LogP contribution < -0.4 is 10.6 Å². The Morgan fingerprint density at radius 2 is 1.87 bits per heavy atom. The number of carbonyl (C=O) groups is 1. The lowest BCUT2D eigenvalue weighted by Gasteiger charge is -2.33. The van der Waals surface area contributed by atoms with E-state index in [9.17, 15) is 18.0 Å². The lowest BCUT2D eigenvalue weighted by atomic mass is 9.97. The summed E-state index contributed by atoms with van der Waals surface area (Å²) >= 11 is 5.90. The number of carbonyl (C=O) groups excluding carboxylic acids is 1. The summed E-state index contributed by atoms with van der Waals surface area (Å²) in [5.74, 6) is -0.433. The predicted octanol–water partition coefficient (Wildman–Crippen LogP) is 6.01. The van der Waals surface area contributed by atoms with Crippen molar-refractivity contribution in [2.75, 3.05) is 10.6 Å². The molecule has 0 saturated heterocycles. The molecule has 0 saturated carbocycles. The fourth-order valence-electron chi connectivity index (χ4n) is 3.62. The van der Waals surface area contributed by atoms with Gasteiger partial charge in [0.25, 0.3) is 5.91 Å². The van der Waals surface area contributed by atoms with Gasteiger partial charge in [-0.15, -0.1) is 0 Å². The number of alkyl halides is 3. The fourth-order valence-corrected chi connectivity index (χ4v) is 3.74. The molecule has 1 amide bonds. The van der Waals surface area contributed by atoms with E-state index < -0.39 is 24.2 Å². The first-order valence-corrected chi connectivity index (χ1v) is 10.2. The van der Waals surface area contributed by atoms with Crippen LogP contribution in [0.3, 0.4) is 0 Å². The summed E-state index contributed by atoms with van der Waals surface area (Å²) in [7, 11) is 0. The van der Waals surface area contributed by atoms with E-state index in [0.29, 0.717) is 16.3 Å². The summed E-state index contributed by atoms with van der Waals surface area (Å²) in [4.78, 5) is 12.6. The van der Waals surface area contributed by atoms with Crippen LogP contribution in [-0.2, 0) is 6.42 Å². The van der Waals surface area contributed by atoms with Gasteiger partial charge in [0.1, 0.15) is 5.82 Å². The van der Waals surface area contributed by atoms with Crippen molar-refractivity contribution < 1.29 is 18.0 Å². The molecule has 162 valence electrons. The summed E-state index contributed by atoms with van der Waals surface area (Å²) < 4.78 is 42.2. The molecule has 2 atom stereocenters. The Morgan fingerprint density at radius 1 is 1.19 bits per heavy atom. The lowest BCUT2D eigenvalue weighted by Crippen LogP contribution is -2.35. The number of hydrogen-bond donors (Lipinski definition) is 2.